The van der Waals surface area contributed by atoms with Crippen molar-refractivity contribution in [1.29, 1.82) is 0 Å². The summed E-state index contributed by atoms with van der Waals surface area (Å²) in [6.07, 6.45) is 0.401. The molecule has 0 aliphatic heterocycles. The molecule has 4 nitrogen and oxygen atoms in total. The van der Waals surface area contributed by atoms with Crippen molar-refractivity contribution in [2.75, 3.05) is 6.61 Å². The zero-order valence-corrected chi connectivity index (χ0v) is 18.4. The van der Waals surface area contributed by atoms with Crippen LogP contribution in [0, 0.1) is 5.92 Å². The van der Waals surface area contributed by atoms with E-state index in [0.29, 0.717) is 30.1 Å². The van der Waals surface area contributed by atoms with Crippen LogP contribution in [0.25, 0.3) is 0 Å². The molecule has 2 unspecified atom stereocenters. The molecule has 2 atom stereocenters. The third-order valence-electron chi connectivity index (χ3n) is 5.68. The van der Waals surface area contributed by atoms with Crippen LogP contribution in [-0.4, -0.2) is 22.0 Å². The molecule has 0 heterocycles. The summed E-state index contributed by atoms with van der Waals surface area (Å²) in [5, 5.41) is 10.1. The summed E-state index contributed by atoms with van der Waals surface area (Å²) >= 11 is 13.2. The Hall–Kier alpha value is -2.69. The molecule has 1 aliphatic carbocycles. The maximum absolute atomic E-state index is 12.4. The van der Waals surface area contributed by atoms with Gasteiger partial charge in [0.05, 0.1) is 6.61 Å². The van der Waals surface area contributed by atoms with E-state index in [9.17, 15) is 9.90 Å². The molecule has 1 fully saturated rings. The van der Waals surface area contributed by atoms with Crippen LogP contribution in [-0.2, 0) is 16.6 Å². The molecule has 0 spiro atoms. The summed E-state index contributed by atoms with van der Waals surface area (Å²) in [5.41, 5.74) is 0.0743. The average molecular weight is 457 g/mol. The summed E-state index contributed by atoms with van der Waals surface area (Å²) < 4.78 is 9.93. The van der Waals surface area contributed by atoms with E-state index in [1.165, 1.54) is 0 Å². The zero-order valence-electron chi connectivity index (χ0n) is 16.9. The normalized spacial score (nSPS) is 21.3. The number of ether oxygens (including phenoxy) is 2. The molecule has 3 aromatic rings. The van der Waals surface area contributed by atoms with Crippen molar-refractivity contribution >= 4 is 29.2 Å². The number of rotatable bonds is 8. The average Bonchev–Trinajstić information content (AvgIpc) is 3.25. The Bertz CT molecular complexity index is 1070. The Kier molecular flexibility index (Phi) is 5.87. The predicted molar refractivity (Wildman–Crippen MR) is 122 cm³/mol. The second-order valence-electron chi connectivity index (χ2n) is 7.51. The van der Waals surface area contributed by atoms with Gasteiger partial charge in [0, 0.05) is 5.92 Å². The van der Waals surface area contributed by atoms with Crippen molar-refractivity contribution in [3.05, 3.63) is 90.0 Å². The fraction of sp³-hybridized carbons (Fsp3) is 0.240. The van der Waals surface area contributed by atoms with Gasteiger partial charge in [-0.1, -0.05) is 65.7 Å². The van der Waals surface area contributed by atoms with Gasteiger partial charge in [-0.25, -0.2) is 0 Å². The monoisotopic (exact) mass is 456 g/mol. The molecule has 3 aromatic carbocycles. The summed E-state index contributed by atoms with van der Waals surface area (Å²) in [6.45, 7) is 2.42. The molecule has 0 bridgehead atoms. The van der Waals surface area contributed by atoms with Gasteiger partial charge in [0.1, 0.15) is 27.0 Å². The van der Waals surface area contributed by atoms with Gasteiger partial charge in [0.15, 0.2) is 0 Å². The third kappa shape index (κ3) is 3.86. The Labute approximate surface area is 191 Å². The number of hydrogen-bond donors (Lipinski definition) is 1. The molecule has 6 heteroatoms. The molecule has 31 heavy (non-hydrogen) atoms. The number of carbonyl (C=O) groups is 1. The first-order valence-corrected chi connectivity index (χ1v) is 10.8. The minimum absolute atomic E-state index is 0.401. The standard InChI is InChI=1S/C25H22Cl2O4/c1-2-30-19-13-11-18(12-14-19)24(23(28)29)22(25(24,26)27)16-17-7-6-10-21(15-17)31-20-8-4-3-5-9-20/h3-15,22H,2,16H2,1H3,(H,28,29). The first kappa shape index (κ1) is 21.5. The van der Waals surface area contributed by atoms with Crippen molar-refractivity contribution in [3.63, 3.8) is 0 Å². The van der Waals surface area contributed by atoms with Gasteiger partial charge in [-0.2, -0.15) is 0 Å². The van der Waals surface area contributed by atoms with Gasteiger partial charge in [0.25, 0.3) is 0 Å². The Morgan fingerprint density at radius 3 is 2.26 bits per heavy atom. The maximum atomic E-state index is 12.4. The number of hydrogen-bond acceptors (Lipinski definition) is 3. The molecule has 1 N–H and O–H groups in total. The molecule has 0 aromatic heterocycles. The minimum Gasteiger partial charge on any atom is -0.494 e. The summed E-state index contributed by atoms with van der Waals surface area (Å²) in [4.78, 5) is 12.4. The molecule has 1 aliphatic rings. The Balaban J connectivity index is 1.59. The molecule has 0 amide bonds. The maximum Gasteiger partial charge on any atom is 0.317 e. The number of halogens is 2. The lowest BCUT2D eigenvalue weighted by atomic mass is 9.91. The van der Waals surface area contributed by atoms with Crippen molar-refractivity contribution in [1.82, 2.24) is 0 Å². The highest BCUT2D eigenvalue weighted by atomic mass is 35.5. The van der Waals surface area contributed by atoms with Gasteiger partial charge in [-0.15, -0.1) is 0 Å². The van der Waals surface area contributed by atoms with E-state index in [-0.39, 0.29) is 0 Å². The van der Waals surface area contributed by atoms with E-state index in [1.54, 1.807) is 24.3 Å². The van der Waals surface area contributed by atoms with E-state index in [0.717, 1.165) is 11.3 Å². The molecule has 160 valence electrons. The molecular formula is C25H22Cl2O4. The number of aliphatic carboxylic acids is 1. The largest absolute Gasteiger partial charge is 0.494 e. The van der Waals surface area contributed by atoms with Crippen molar-refractivity contribution in [2.24, 2.45) is 5.92 Å². The van der Waals surface area contributed by atoms with E-state index in [2.05, 4.69) is 0 Å². The van der Waals surface area contributed by atoms with Crippen LogP contribution in [0.3, 0.4) is 0 Å². The van der Waals surface area contributed by atoms with Gasteiger partial charge in [-0.05, 0) is 60.9 Å². The first-order valence-electron chi connectivity index (χ1n) is 10.1. The fourth-order valence-electron chi connectivity index (χ4n) is 4.14. The van der Waals surface area contributed by atoms with E-state index >= 15 is 0 Å². The van der Waals surface area contributed by atoms with Crippen LogP contribution >= 0.6 is 23.2 Å². The number of para-hydroxylation sites is 1. The number of alkyl halides is 2. The summed E-state index contributed by atoms with van der Waals surface area (Å²) in [6, 6.07) is 24.0. The van der Waals surface area contributed by atoms with Crippen LogP contribution in [0.1, 0.15) is 18.1 Å². The summed E-state index contributed by atoms with van der Waals surface area (Å²) in [7, 11) is 0. The fourth-order valence-corrected chi connectivity index (χ4v) is 5.16. The van der Waals surface area contributed by atoms with Crippen molar-refractivity contribution in [3.8, 4) is 17.2 Å². The third-order valence-corrected chi connectivity index (χ3v) is 6.80. The van der Waals surface area contributed by atoms with Gasteiger partial charge in [-0.3, -0.25) is 4.79 Å². The lowest BCUT2D eigenvalue weighted by molar-refractivity contribution is -0.140. The van der Waals surface area contributed by atoms with Crippen LogP contribution < -0.4 is 9.47 Å². The van der Waals surface area contributed by atoms with Gasteiger partial charge in [0.2, 0.25) is 0 Å². The minimum atomic E-state index is -1.43. The molecule has 0 saturated heterocycles. The lowest BCUT2D eigenvalue weighted by Crippen LogP contribution is -2.27. The van der Waals surface area contributed by atoms with Crippen molar-refractivity contribution in [2.45, 2.75) is 23.1 Å². The topological polar surface area (TPSA) is 55.8 Å². The van der Waals surface area contributed by atoms with Gasteiger partial charge >= 0.3 is 5.97 Å². The number of carboxylic acid groups (broad SMARTS) is 1. The van der Waals surface area contributed by atoms with Crippen LogP contribution in [0.5, 0.6) is 17.2 Å². The van der Waals surface area contributed by atoms with E-state index < -0.39 is 21.6 Å². The van der Waals surface area contributed by atoms with E-state index in [1.807, 2.05) is 61.5 Å². The highest BCUT2D eigenvalue weighted by molar-refractivity contribution is 6.54. The molecule has 4 rings (SSSR count). The Morgan fingerprint density at radius 1 is 0.935 bits per heavy atom. The molecular weight excluding hydrogens is 435 g/mol. The smallest absolute Gasteiger partial charge is 0.317 e. The Morgan fingerprint density at radius 2 is 1.61 bits per heavy atom. The quantitative estimate of drug-likeness (QED) is 0.407. The van der Waals surface area contributed by atoms with Gasteiger partial charge < -0.3 is 14.6 Å². The second kappa shape index (κ2) is 8.45. The second-order valence-corrected chi connectivity index (χ2v) is 8.90. The molecule has 1 saturated carbocycles. The van der Waals surface area contributed by atoms with E-state index in [4.69, 9.17) is 32.7 Å². The van der Waals surface area contributed by atoms with Crippen LogP contribution in [0.2, 0.25) is 0 Å². The first-order chi connectivity index (χ1) is 14.9. The zero-order chi connectivity index (χ0) is 22.1. The van der Waals surface area contributed by atoms with Crippen molar-refractivity contribution < 1.29 is 19.4 Å². The lowest BCUT2D eigenvalue weighted by Gasteiger charge is -2.15. The van der Waals surface area contributed by atoms with Crippen LogP contribution in [0.4, 0.5) is 0 Å². The number of carboxylic acids is 1. The highest BCUT2D eigenvalue weighted by Crippen LogP contribution is 2.70. The predicted octanol–water partition coefficient (Wildman–Crippen LogP) is 6.25. The summed E-state index contributed by atoms with van der Waals surface area (Å²) in [5.74, 6) is 0.532. The SMILES string of the molecule is CCOc1ccc(C2(C(=O)O)C(Cc3cccc(Oc4ccccc4)c3)C2(Cl)Cl)cc1. The molecule has 0 radical (unpaired) electrons. The van der Waals surface area contributed by atoms with Crippen LogP contribution in [0.15, 0.2) is 78.9 Å². The highest BCUT2D eigenvalue weighted by Gasteiger charge is 2.81. The number of benzene rings is 3.